The summed E-state index contributed by atoms with van der Waals surface area (Å²) in [6.07, 6.45) is 3.41. The molecule has 6 heteroatoms. The van der Waals surface area contributed by atoms with Crippen molar-refractivity contribution in [2.45, 2.75) is 6.54 Å². The maximum absolute atomic E-state index is 12.4. The lowest BCUT2D eigenvalue weighted by molar-refractivity contribution is 0.0785. The monoisotopic (exact) mass is 290 g/mol. The van der Waals surface area contributed by atoms with Crippen LogP contribution in [-0.2, 0) is 6.54 Å². The van der Waals surface area contributed by atoms with Gasteiger partial charge < -0.3 is 10.2 Å². The van der Waals surface area contributed by atoms with Crippen LogP contribution >= 0.6 is 11.6 Å². The highest BCUT2D eigenvalue weighted by Gasteiger charge is 2.14. The number of aromatic nitrogens is 2. The summed E-state index contributed by atoms with van der Waals surface area (Å²) in [4.78, 5) is 22.0. The van der Waals surface area contributed by atoms with Gasteiger partial charge in [-0.1, -0.05) is 11.6 Å². The first-order valence-corrected chi connectivity index (χ1v) is 6.47. The Hall–Kier alpha value is -2.14. The van der Waals surface area contributed by atoms with Gasteiger partial charge in [-0.3, -0.25) is 9.78 Å². The summed E-state index contributed by atoms with van der Waals surface area (Å²) in [7, 11) is 3.48. The Bertz CT molecular complexity index is 603. The van der Waals surface area contributed by atoms with Crippen molar-refractivity contribution in [3.63, 3.8) is 0 Å². The second-order valence-electron chi connectivity index (χ2n) is 4.33. The van der Waals surface area contributed by atoms with Gasteiger partial charge >= 0.3 is 0 Å². The molecule has 1 amide bonds. The molecule has 0 aliphatic carbocycles. The minimum Gasteiger partial charge on any atom is -0.373 e. The largest absolute Gasteiger partial charge is 0.373 e. The van der Waals surface area contributed by atoms with Crippen molar-refractivity contribution in [2.75, 3.05) is 19.4 Å². The molecule has 0 spiro atoms. The maximum atomic E-state index is 12.4. The van der Waals surface area contributed by atoms with E-state index in [4.69, 9.17) is 11.6 Å². The lowest BCUT2D eigenvalue weighted by atomic mass is 10.2. The molecule has 0 aromatic carbocycles. The molecule has 2 rings (SSSR count). The van der Waals surface area contributed by atoms with Gasteiger partial charge in [-0.25, -0.2) is 4.98 Å². The molecule has 1 N–H and O–H groups in total. The molecule has 0 unspecified atom stereocenters. The van der Waals surface area contributed by atoms with Gasteiger partial charge in [0.25, 0.3) is 5.91 Å². The van der Waals surface area contributed by atoms with Gasteiger partial charge in [-0.2, -0.15) is 0 Å². The topological polar surface area (TPSA) is 58.1 Å². The predicted molar refractivity (Wildman–Crippen MR) is 78.8 cm³/mol. The van der Waals surface area contributed by atoms with Gasteiger partial charge in [0.2, 0.25) is 0 Å². The number of amides is 1. The third-order valence-corrected chi connectivity index (χ3v) is 3.01. The first-order chi connectivity index (χ1) is 9.60. The summed E-state index contributed by atoms with van der Waals surface area (Å²) in [5.41, 5.74) is 1.52. The molecule has 0 aliphatic heterocycles. The van der Waals surface area contributed by atoms with Crippen LogP contribution in [-0.4, -0.2) is 34.9 Å². The highest BCUT2D eigenvalue weighted by atomic mass is 35.5. The van der Waals surface area contributed by atoms with Crippen LogP contribution in [0.2, 0.25) is 5.15 Å². The van der Waals surface area contributed by atoms with Crippen LogP contribution in [0.1, 0.15) is 15.9 Å². The first-order valence-electron chi connectivity index (χ1n) is 6.10. The van der Waals surface area contributed by atoms with E-state index in [1.54, 1.807) is 43.5 Å². The van der Waals surface area contributed by atoms with E-state index in [-0.39, 0.29) is 11.1 Å². The molecule has 104 valence electrons. The second kappa shape index (κ2) is 6.34. The van der Waals surface area contributed by atoms with E-state index in [0.717, 1.165) is 5.56 Å². The molecule has 2 heterocycles. The molecule has 0 bridgehead atoms. The third kappa shape index (κ3) is 3.45. The zero-order valence-electron chi connectivity index (χ0n) is 11.3. The molecule has 0 fully saturated rings. The van der Waals surface area contributed by atoms with Crippen molar-refractivity contribution in [3.8, 4) is 0 Å². The molecule has 5 nitrogen and oxygen atoms in total. The Kier molecular flexibility index (Phi) is 4.53. The van der Waals surface area contributed by atoms with Gasteiger partial charge in [0, 0.05) is 38.6 Å². The number of nitrogens with one attached hydrogen (secondary N) is 1. The van der Waals surface area contributed by atoms with Crippen LogP contribution in [0.15, 0.2) is 36.7 Å². The van der Waals surface area contributed by atoms with Gasteiger partial charge in [-0.05, 0) is 29.8 Å². The Morgan fingerprint density at radius 2 is 2.05 bits per heavy atom. The molecule has 2 aromatic rings. The van der Waals surface area contributed by atoms with Gasteiger partial charge in [0.1, 0.15) is 11.0 Å². The summed E-state index contributed by atoms with van der Waals surface area (Å²) >= 11 is 5.91. The number of anilines is 1. The number of nitrogens with zero attached hydrogens (tertiary/aromatic N) is 3. The van der Waals surface area contributed by atoms with E-state index in [9.17, 15) is 4.79 Å². The number of hydrogen-bond donors (Lipinski definition) is 1. The SMILES string of the molecule is CNc1cc(C(=O)N(C)Cc2ccncc2)cc(Cl)n1. The molecular formula is C14H15ClN4O. The van der Waals surface area contributed by atoms with Crippen LogP contribution in [0.4, 0.5) is 5.82 Å². The Morgan fingerprint density at radius 1 is 1.35 bits per heavy atom. The number of carbonyl (C=O) groups is 1. The van der Waals surface area contributed by atoms with E-state index in [2.05, 4.69) is 15.3 Å². The van der Waals surface area contributed by atoms with E-state index >= 15 is 0 Å². The number of rotatable bonds is 4. The highest BCUT2D eigenvalue weighted by molar-refractivity contribution is 6.29. The van der Waals surface area contributed by atoms with Crippen LogP contribution in [0.5, 0.6) is 0 Å². The van der Waals surface area contributed by atoms with Gasteiger partial charge in [-0.15, -0.1) is 0 Å². The highest BCUT2D eigenvalue weighted by Crippen LogP contribution is 2.16. The Morgan fingerprint density at radius 3 is 2.70 bits per heavy atom. The fourth-order valence-corrected chi connectivity index (χ4v) is 2.01. The van der Waals surface area contributed by atoms with Gasteiger partial charge in [0.05, 0.1) is 0 Å². The van der Waals surface area contributed by atoms with Crippen molar-refractivity contribution in [1.29, 1.82) is 0 Å². The molecule has 0 aliphatic rings. The smallest absolute Gasteiger partial charge is 0.254 e. The fourth-order valence-electron chi connectivity index (χ4n) is 1.80. The lowest BCUT2D eigenvalue weighted by Crippen LogP contribution is -2.26. The average Bonchev–Trinajstić information content (AvgIpc) is 2.46. The standard InChI is InChI=1S/C14H15ClN4O/c1-16-13-8-11(7-12(15)18-13)14(20)19(2)9-10-3-5-17-6-4-10/h3-8H,9H2,1-2H3,(H,16,18). The summed E-state index contributed by atoms with van der Waals surface area (Å²) in [6.45, 7) is 0.510. The molecular weight excluding hydrogens is 276 g/mol. The molecule has 20 heavy (non-hydrogen) atoms. The summed E-state index contributed by atoms with van der Waals surface area (Å²) < 4.78 is 0. The van der Waals surface area contributed by atoms with Crippen LogP contribution < -0.4 is 5.32 Å². The predicted octanol–water partition coefficient (Wildman–Crippen LogP) is 2.44. The van der Waals surface area contributed by atoms with Crippen molar-refractivity contribution < 1.29 is 4.79 Å². The summed E-state index contributed by atoms with van der Waals surface area (Å²) in [6, 6.07) is 7.00. The zero-order chi connectivity index (χ0) is 14.5. The van der Waals surface area contributed by atoms with E-state index in [1.807, 2.05) is 12.1 Å². The van der Waals surface area contributed by atoms with E-state index in [1.165, 1.54) is 0 Å². The zero-order valence-corrected chi connectivity index (χ0v) is 12.1. The molecule has 0 radical (unpaired) electrons. The molecule has 2 aromatic heterocycles. The second-order valence-corrected chi connectivity index (χ2v) is 4.72. The minimum atomic E-state index is -0.109. The fraction of sp³-hybridized carbons (Fsp3) is 0.214. The van der Waals surface area contributed by atoms with Crippen molar-refractivity contribution in [3.05, 3.63) is 52.9 Å². The van der Waals surface area contributed by atoms with Crippen LogP contribution in [0, 0.1) is 0 Å². The molecule has 0 saturated heterocycles. The minimum absolute atomic E-state index is 0.109. The maximum Gasteiger partial charge on any atom is 0.254 e. The molecule has 0 atom stereocenters. The van der Waals surface area contributed by atoms with Crippen LogP contribution in [0.25, 0.3) is 0 Å². The third-order valence-electron chi connectivity index (χ3n) is 2.81. The lowest BCUT2D eigenvalue weighted by Gasteiger charge is -2.17. The Balaban J connectivity index is 2.16. The Labute approximate surface area is 122 Å². The van der Waals surface area contributed by atoms with E-state index < -0.39 is 0 Å². The van der Waals surface area contributed by atoms with Crippen molar-refractivity contribution >= 4 is 23.3 Å². The summed E-state index contributed by atoms with van der Waals surface area (Å²) in [5.74, 6) is 0.459. The van der Waals surface area contributed by atoms with Gasteiger partial charge in [0.15, 0.2) is 0 Å². The number of halogens is 1. The van der Waals surface area contributed by atoms with Crippen molar-refractivity contribution in [2.24, 2.45) is 0 Å². The quantitative estimate of drug-likeness (QED) is 0.879. The first kappa shape index (κ1) is 14.3. The number of hydrogen-bond acceptors (Lipinski definition) is 4. The van der Waals surface area contributed by atoms with Crippen molar-refractivity contribution in [1.82, 2.24) is 14.9 Å². The van der Waals surface area contributed by atoms with Crippen LogP contribution in [0.3, 0.4) is 0 Å². The number of carbonyl (C=O) groups excluding carboxylic acids is 1. The molecule has 0 saturated carbocycles. The average molecular weight is 291 g/mol. The summed E-state index contributed by atoms with van der Waals surface area (Å²) in [5, 5.41) is 3.17. The number of pyridine rings is 2. The normalized spacial score (nSPS) is 10.2. The van der Waals surface area contributed by atoms with E-state index in [0.29, 0.717) is 17.9 Å².